The molecular formula is C10H21N3O3. The Morgan fingerprint density at radius 2 is 1.81 bits per heavy atom. The van der Waals surface area contributed by atoms with Crippen LogP contribution in [0.15, 0.2) is 0 Å². The van der Waals surface area contributed by atoms with Crippen LogP contribution >= 0.6 is 0 Å². The highest BCUT2D eigenvalue weighted by molar-refractivity contribution is 6.01. The molecular weight excluding hydrogens is 210 g/mol. The van der Waals surface area contributed by atoms with Gasteiger partial charge in [-0.05, 0) is 21.0 Å². The van der Waals surface area contributed by atoms with Crippen LogP contribution in [0, 0.1) is 0 Å². The second-order valence-corrected chi connectivity index (χ2v) is 3.79. The lowest BCUT2D eigenvalue weighted by Crippen LogP contribution is -2.48. The maximum absolute atomic E-state index is 11.7. The highest BCUT2D eigenvalue weighted by Crippen LogP contribution is 1.94. The summed E-state index contributed by atoms with van der Waals surface area (Å²) < 4.78 is 4.68. The lowest BCUT2D eigenvalue weighted by atomic mass is 10.3. The first kappa shape index (κ1) is 14.9. The molecule has 0 radical (unpaired) electrons. The number of carbonyl (C=O) groups is 2. The molecule has 0 rings (SSSR count). The zero-order valence-electron chi connectivity index (χ0n) is 10.4. The lowest BCUT2D eigenvalue weighted by Gasteiger charge is -2.22. The Morgan fingerprint density at radius 1 is 1.25 bits per heavy atom. The maximum Gasteiger partial charge on any atom is 0.332 e. The van der Waals surface area contributed by atoms with Crippen LogP contribution in [0.2, 0.25) is 0 Å². The number of ether oxygens (including phenoxy) is 1. The second kappa shape index (κ2) is 7.19. The monoisotopic (exact) mass is 231 g/mol. The molecule has 0 saturated carbocycles. The van der Waals surface area contributed by atoms with Crippen molar-refractivity contribution in [3.8, 4) is 0 Å². The molecule has 0 saturated heterocycles. The molecule has 0 aliphatic rings. The quantitative estimate of drug-likeness (QED) is 0.464. The Morgan fingerprint density at radius 3 is 2.25 bits per heavy atom. The predicted octanol–water partition coefficient (Wildman–Crippen LogP) is -1.10. The van der Waals surface area contributed by atoms with Crippen molar-refractivity contribution >= 4 is 11.9 Å². The third-order valence-electron chi connectivity index (χ3n) is 2.07. The van der Waals surface area contributed by atoms with Crippen molar-refractivity contribution in [3.63, 3.8) is 0 Å². The summed E-state index contributed by atoms with van der Waals surface area (Å²) in [5, 5.41) is 0. The Bertz CT molecular complexity index is 243. The zero-order valence-corrected chi connectivity index (χ0v) is 10.4. The number of esters is 1. The van der Waals surface area contributed by atoms with Gasteiger partial charge in [0, 0.05) is 20.1 Å². The number of carbonyl (C=O) groups excluding carboxylic acids is 2. The van der Waals surface area contributed by atoms with E-state index in [1.807, 2.05) is 19.0 Å². The molecule has 1 atom stereocenters. The van der Waals surface area contributed by atoms with Crippen molar-refractivity contribution in [2.45, 2.75) is 13.0 Å². The van der Waals surface area contributed by atoms with E-state index in [9.17, 15) is 9.59 Å². The average Bonchev–Trinajstić information content (AvgIpc) is 2.23. The number of likely N-dealkylation sites (N-methyl/N-ethyl adjacent to an activating group) is 2. The smallest absolute Gasteiger partial charge is 0.332 e. The van der Waals surface area contributed by atoms with Crippen LogP contribution in [-0.4, -0.2) is 68.6 Å². The molecule has 0 aromatic heterocycles. The SMILES string of the molecule is CCOC(=O)C(N)C(=O)N(C)CCN(C)C. The molecule has 0 aromatic carbocycles. The van der Waals surface area contributed by atoms with Gasteiger partial charge in [-0.1, -0.05) is 0 Å². The fourth-order valence-electron chi connectivity index (χ4n) is 1.03. The van der Waals surface area contributed by atoms with Crippen molar-refractivity contribution < 1.29 is 14.3 Å². The van der Waals surface area contributed by atoms with Crippen molar-refractivity contribution in [2.75, 3.05) is 40.8 Å². The number of rotatable bonds is 6. The topological polar surface area (TPSA) is 75.9 Å². The van der Waals surface area contributed by atoms with Gasteiger partial charge in [-0.2, -0.15) is 0 Å². The number of hydrogen-bond acceptors (Lipinski definition) is 5. The van der Waals surface area contributed by atoms with E-state index in [0.29, 0.717) is 6.54 Å². The number of amides is 1. The average molecular weight is 231 g/mol. The molecule has 0 aliphatic carbocycles. The third kappa shape index (κ3) is 5.09. The Labute approximate surface area is 96.3 Å². The minimum Gasteiger partial charge on any atom is -0.464 e. The summed E-state index contributed by atoms with van der Waals surface area (Å²) in [7, 11) is 5.43. The van der Waals surface area contributed by atoms with Gasteiger partial charge in [0.1, 0.15) is 0 Å². The Hall–Kier alpha value is -1.14. The van der Waals surface area contributed by atoms with Crippen LogP contribution in [0.4, 0.5) is 0 Å². The summed E-state index contributed by atoms with van der Waals surface area (Å²) in [5.74, 6) is -1.09. The molecule has 0 bridgehead atoms. The van der Waals surface area contributed by atoms with Crippen molar-refractivity contribution in [1.82, 2.24) is 9.80 Å². The molecule has 1 amide bonds. The fraction of sp³-hybridized carbons (Fsp3) is 0.800. The van der Waals surface area contributed by atoms with Gasteiger partial charge in [-0.25, -0.2) is 4.79 Å². The molecule has 2 N–H and O–H groups in total. The fourth-order valence-corrected chi connectivity index (χ4v) is 1.03. The molecule has 0 heterocycles. The van der Waals surface area contributed by atoms with Gasteiger partial charge in [0.25, 0.3) is 5.91 Å². The van der Waals surface area contributed by atoms with Gasteiger partial charge in [0.2, 0.25) is 0 Å². The molecule has 94 valence electrons. The normalized spacial score (nSPS) is 12.4. The first-order valence-corrected chi connectivity index (χ1v) is 5.22. The van der Waals surface area contributed by atoms with E-state index in [2.05, 4.69) is 4.74 Å². The van der Waals surface area contributed by atoms with Crippen LogP contribution in [-0.2, 0) is 14.3 Å². The molecule has 6 heteroatoms. The van der Waals surface area contributed by atoms with E-state index in [1.165, 1.54) is 4.90 Å². The first-order chi connectivity index (χ1) is 7.40. The molecule has 1 unspecified atom stereocenters. The molecule has 6 nitrogen and oxygen atoms in total. The van der Waals surface area contributed by atoms with E-state index in [4.69, 9.17) is 5.73 Å². The second-order valence-electron chi connectivity index (χ2n) is 3.79. The molecule has 0 spiro atoms. The summed E-state index contributed by atoms with van der Waals surface area (Å²) in [4.78, 5) is 26.3. The summed E-state index contributed by atoms with van der Waals surface area (Å²) in [6.07, 6.45) is 0. The van der Waals surface area contributed by atoms with Gasteiger partial charge >= 0.3 is 5.97 Å². The molecule has 16 heavy (non-hydrogen) atoms. The zero-order chi connectivity index (χ0) is 12.7. The summed E-state index contributed by atoms with van der Waals surface area (Å²) in [6.45, 7) is 3.14. The van der Waals surface area contributed by atoms with Gasteiger partial charge in [-0.3, -0.25) is 4.79 Å². The van der Waals surface area contributed by atoms with E-state index in [1.54, 1.807) is 14.0 Å². The number of hydrogen-bond donors (Lipinski definition) is 1. The van der Waals surface area contributed by atoms with Gasteiger partial charge in [0.05, 0.1) is 6.61 Å². The van der Waals surface area contributed by atoms with E-state index in [0.717, 1.165) is 6.54 Å². The van der Waals surface area contributed by atoms with Crippen LogP contribution in [0.1, 0.15) is 6.92 Å². The van der Waals surface area contributed by atoms with Gasteiger partial charge < -0.3 is 20.3 Å². The summed E-state index contributed by atoms with van der Waals surface area (Å²) >= 11 is 0. The van der Waals surface area contributed by atoms with Crippen LogP contribution in [0.25, 0.3) is 0 Å². The van der Waals surface area contributed by atoms with Crippen LogP contribution < -0.4 is 5.73 Å². The lowest BCUT2D eigenvalue weighted by molar-refractivity contribution is -0.150. The predicted molar refractivity (Wildman–Crippen MR) is 60.8 cm³/mol. The highest BCUT2D eigenvalue weighted by atomic mass is 16.5. The molecule has 0 aromatic rings. The number of nitrogens with zero attached hydrogens (tertiary/aromatic N) is 2. The Kier molecular flexibility index (Phi) is 6.67. The van der Waals surface area contributed by atoms with Crippen molar-refractivity contribution in [3.05, 3.63) is 0 Å². The van der Waals surface area contributed by atoms with Crippen LogP contribution in [0.5, 0.6) is 0 Å². The van der Waals surface area contributed by atoms with Crippen LogP contribution in [0.3, 0.4) is 0 Å². The molecule has 0 aliphatic heterocycles. The van der Waals surface area contributed by atoms with Crippen molar-refractivity contribution in [1.29, 1.82) is 0 Å². The number of nitrogens with two attached hydrogens (primary N) is 1. The largest absolute Gasteiger partial charge is 0.464 e. The molecule has 0 fully saturated rings. The maximum atomic E-state index is 11.7. The first-order valence-electron chi connectivity index (χ1n) is 5.22. The summed E-state index contributed by atoms with van der Waals surface area (Å²) in [5.41, 5.74) is 5.47. The summed E-state index contributed by atoms with van der Waals surface area (Å²) in [6, 6.07) is -1.22. The highest BCUT2D eigenvalue weighted by Gasteiger charge is 2.26. The van der Waals surface area contributed by atoms with E-state index < -0.39 is 17.9 Å². The standard InChI is InChI=1S/C10H21N3O3/c1-5-16-10(15)8(11)9(14)13(4)7-6-12(2)3/h8H,5-7,11H2,1-4H3. The van der Waals surface area contributed by atoms with E-state index in [-0.39, 0.29) is 6.61 Å². The van der Waals surface area contributed by atoms with E-state index >= 15 is 0 Å². The minimum atomic E-state index is -1.22. The third-order valence-corrected chi connectivity index (χ3v) is 2.07. The Balaban J connectivity index is 4.15. The van der Waals surface area contributed by atoms with Crippen molar-refractivity contribution in [2.24, 2.45) is 5.73 Å². The van der Waals surface area contributed by atoms with Gasteiger partial charge in [0.15, 0.2) is 6.04 Å². The van der Waals surface area contributed by atoms with Gasteiger partial charge in [-0.15, -0.1) is 0 Å². The minimum absolute atomic E-state index is 0.223.